The number of nitro benzene ring substituents is 1. The minimum atomic E-state index is -0.548. The van der Waals surface area contributed by atoms with E-state index in [1.807, 2.05) is 14.1 Å². The number of carbonyl (C=O) groups excluding carboxylic acids is 1. The average Bonchev–Trinajstić information content (AvgIpc) is 2.77. The summed E-state index contributed by atoms with van der Waals surface area (Å²) in [6, 6.07) is 7.27. The molecule has 12 heteroatoms. The number of nitrogens with zero attached hydrogens (tertiary/aromatic N) is 4. The van der Waals surface area contributed by atoms with Crippen molar-refractivity contribution in [3.05, 3.63) is 57.1 Å². The highest BCUT2D eigenvalue weighted by molar-refractivity contribution is 9.10. The first-order valence-electron chi connectivity index (χ1n) is 10.4. The number of hydrogen-bond donors (Lipinski definition) is 2. The highest BCUT2D eigenvalue weighted by Crippen LogP contribution is 2.35. The number of aromatic nitrogens is 2. The molecule has 1 amide bonds. The highest BCUT2D eigenvalue weighted by Gasteiger charge is 2.20. The molecule has 10 nitrogen and oxygen atoms in total. The summed E-state index contributed by atoms with van der Waals surface area (Å²) in [5, 5.41) is 17.7. The van der Waals surface area contributed by atoms with E-state index in [0.717, 1.165) is 0 Å². The van der Waals surface area contributed by atoms with Gasteiger partial charge in [-0.3, -0.25) is 14.9 Å². The number of likely N-dealkylation sites (N-methyl/N-ethyl adjacent to an activating group) is 1. The number of nitrogens with one attached hydrogen (secondary N) is 2. The molecule has 0 saturated heterocycles. The molecule has 34 heavy (non-hydrogen) atoms. The van der Waals surface area contributed by atoms with Crippen LogP contribution in [-0.4, -0.2) is 59.5 Å². The monoisotopic (exact) mass is 534 g/mol. The number of rotatable bonds is 11. The maximum absolute atomic E-state index is 14.2. The summed E-state index contributed by atoms with van der Waals surface area (Å²) in [4.78, 5) is 32.8. The zero-order valence-electron chi connectivity index (χ0n) is 18.7. The minimum absolute atomic E-state index is 0.0665. The molecule has 0 atom stereocenters. The van der Waals surface area contributed by atoms with Crippen LogP contribution in [0.4, 0.5) is 21.6 Å². The molecule has 2 aromatic carbocycles. The number of carbonyl (C=O) groups is 1. The summed E-state index contributed by atoms with van der Waals surface area (Å²) >= 11 is 3.20. The number of hydrogen-bond acceptors (Lipinski definition) is 8. The van der Waals surface area contributed by atoms with Crippen molar-refractivity contribution in [1.29, 1.82) is 0 Å². The Morgan fingerprint density at radius 3 is 2.74 bits per heavy atom. The Kier molecular flexibility index (Phi) is 8.66. The zero-order chi connectivity index (χ0) is 24.7. The normalized spacial score (nSPS) is 11.0. The summed E-state index contributed by atoms with van der Waals surface area (Å²) in [5.41, 5.74) is 0.330. The Morgan fingerprint density at radius 1 is 1.24 bits per heavy atom. The number of amides is 1. The van der Waals surface area contributed by atoms with Crippen LogP contribution in [-0.2, 0) is 4.79 Å². The standard InChI is InChI=1S/C22H24BrFN6O4/c1-29(2)12-21(31)25-7-3-4-8-34-20-11-18-15(10-19(20)30(32)33)22(27-13-26-18)28-17-6-5-14(23)9-16(17)24/h5-6,9-11,13H,3-4,7-8,12H2,1-2H3,(H,25,31)(H,26,27,28). The van der Waals surface area contributed by atoms with Gasteiger partial charge in [0.05, 0.1) is 34.7 Å². The van der Waals surface area contributed by atoms with Crippen LogP contribution >= 0.6 is 15.9 Å². The quantitative estimate of drug-likeness (QED) is 0.215. The third-order valence-electron chi connectivity index (χ3n) is 4.71. The van der Waals surface area contributed by atoms with Crippen LogP contribution in [0, 0.1) is 15.9 Å². The minimum Gasteiger partial charge on any atom is -0.487 e. The number of anilines is 2. The third-order valence-corrected chi connectivity index (χ3v) is 5.20. The highest BCUT2D eigenvalue weighted by atomic mass is 79.9. The van der Waals surface area contributed by atoms with Gasteiger partial charge in [0, 0.05) is 23.2 Å². The lowest BCUT2D eigenvalue weighted by molar-refractivity contribution is -0.385. The molecule has 0 aliphatic carbocycles. The molecule has 0 radical (unpaired) electrons. The van der Waals surface area contributed by atoms with Crippen LogP contribution in [0.15, 0.2) is 41.1 Å². The third kappa shape index (κ3) is 6.81. The number of ether oxygens (including phenoxy) is 1. The SMILES string of the molecule is CN(C)CC(=O)NCCCCOc1cc2ncnc(Nc3ccc(Br)cc3F)c2cc1[N+](=O)[O-]. The largest absolute Gasteiger partial charge is 0.487 e. The Morgan fingerprint density at radius 2 is 2.03 bits per heavy atom. The van der Waals surface area contributed by atoms with Crippen molar-refractivity contribution in [1.82, 2.24) is 20.2 Å². The first kappa shape index (κ1) is 25.2. The Labute approximate surface area is 203 Å². The van der Waals surface area contributed by atoms with Crippen molar-refractivity contribution in [3.8, 4) is 5.75 Å². The fourth-order valence-electron chi connectivity index (χ4n) is 3.13. The van der Waals surface area contributed by atoms with Gasteiger partial charge >= 0.3 is 5.69 Å². The van der Waals surface area contributed by atoms with E-state index in [-0.39, 0.29) is 35.5 Å². The van der Waals surface area contributed by atoms with Crippen LogP contribution < -0.4 is 15.4 Å². The van der Waals surface area contributed by atoms with Crippen molar-refractivity contribution in [2.45, 2.75) is 12.8 Å². The van der Waals surface area contributed by atoms with Crippen molar-refractivity contribution >= 4 is 49.9 Å². The van der Waals surface area contributed by atoms with Gasteiger partial charge in [0.25, 0.3) is 0 Å². The lowest BCUT2D eigenvalue weighted by Crippen LogP contribution is -2.33. The molecule has 2 N–H and O–H groups in total. The predicted molar refractivity (Wildman–Crippen MR) is 130 cm³/mol. The van der Waals surface area contributed by atoms with E-state index in [9.17, 15) is 19.3 Å². The summed E-state index contributed by atoms with van der Waals surface area (Å²) in [6.45, 7) is 1.04. The summed E-state index contributed by atoms with van der Waals surface area (Å²) in [6.07, 6.45) is 2.54. The van der Waals surface area contributed by atoms with E-state index < -0.39 is 10.7 Å². The van der Waals surface area contributed by atoms with Crippen molar-refractivity contribution < 1.29 is 18.8 Å². The molecule has 0 unspecified atom stereocenters. The van der Waals surface area contributed by atoms with Crippen LogP contribution in [0.2, 0.25) is 0 Å². The molecular formula is C22H24BrFN6O4. The number of fused-ring (bicyclic) bond motifs is 1. The molecule has 3 aromatic rings. The molecule has 1 heterocycles. The van der Waals surface area contributed by atoms with E-state index >= 15 is 0 Å². The Hall–Kier alpha value is -3.38. The number of nitro groups is 1. The topological polar surface area (TPSA) is 123 Å². The van der Waals surface area contributed by atoms with E-state index in [2.05, 4.69) is 36.5 Å². The second kappa shape index (κ2) is 11.7. The Balaban J connectivity index is 1.70. The summed E-state index contributed by atoms with van der Waals surface area (Å²) in [5.74, 6) is -0.264. The second-order valence-corrected chi connectivity index (χ2v) is 8.62. The zero-order valence-corrected chi connectivity index (χ0v) is 20.3. The molecule has 0 aliphatic heterocycles. The van der Waals surface area contributed by atoms with Crippen molar-refractivity contribution in [2.24, 2.45) is 0 Å². The summed E-state index contributed by atoms with van der Waals surface area (Å²) in [7, 11) is 3.62. The van der Waals surface area contributed by atoms with Gasteiger partial charge in [-0.15, -0.1) is 0 Å². The first-order valence-corrected chi connectivity index (χ1v) is 11.2. The van der Waals surface area contributed by atoms with Gasteiger partial charge in [-0.2, -0.15) is 0 Å². The molecule has 0 aliphatic rings. The van der Waals surface area contributed by atoms with Gasteiger partial charge in [0.1, 0.15) is 18.0 Å². The average molecular weight is 535 g/mol. The number of halogens is 2. The lowest BCUT2D eigenvalue weighted by atomic mass is 10.2. The van der Waals surface area contributed by atoms with Gasteiger partial charge in [0.15, 0.2) is 5.75 Å². The molecule has 1 aromatic heterocycles. The first-order chi connectivity index (χ1) is 16.2. The number of benzene rings is 2. The smallest absolute Gasteiger partial charge is 0.311 e. The Bertz CT molecular complexity index is 1190. The number of unbranched alkanes of at least 4 members (excludes halogenated alkanes) is 1. The molecule has 0 spiro atoms. The van der Waals surface area contributed by atoms with Crippen LogP contribution in [0.5, 0.6) is 5.75 Å². The molecule has 3 rings (SSSR count). The van der Waals surface area contributed by atoms with E-state index in [4.69, 9.17) is 4.74 Å². The maximum Gasteiger partial charge on any atom is 0.311 e. The molecular weight excluding hydrogens is 511 g/mol. The van der Waals surface area contributed by atoms with Crippen molar-refractivity contribution in [3.63, 3.8) is 0 Å². The predicted octanol–water partition coefficient (Wildman–Crippen LogP) is 4.02. The van der Waals surface area contributed by atoms with Gasteiger partial charge in [0.2, 0.25) is 5.91 Å². The van der Waals surface area contributed by atoms with Gasteiger partial charge in [-0.05, 0) is 45.1 Å². The van der Waals surface area contributed by atoms with Crippen LogP contribution in [0.25, 0.3) is 10.9 Å². The van der Waals surface area contributed by atoms with Gasteiger partial charge < -0.3 is 20.3 Å². The van der Waals surface area contributed by atoms with E-state index in [1.165, 1.54) is 30.6 Å². The molecule has 0 bridgehead atoms. The maximum atomic E-state index is 14.2. The van der Waals surface area contributed by atoms with Crippen molar-refractivity contribution in [2.75, 3.05) is 39.1 Å². The summed E-state index contributed by atoms with van der Waals surface area (Å²) < 4.78 is 20.5. The van der Waals surface area contributed by atoms with Crippen LogP contribution in [0.3, 0.4) is 0 Å². The second-order valence-electron chi connectivity index (χ2n) is 7.71. The molecule has 0 saturated carbocycles. The lowest BCUT2D eigenvalue weighted by Gasteiger charge is -2.12. The van der Waals surface area contributed by atoms with Gasteiger partial charge in [-0.1, -0.05) is 15.9 Å². The van der Waals surface area contributed by atoms with E-state index in [1.54, 1.807) is 11.0 Å². The molecule has 180 valence electrons. The van der Waals surface area contributed by atoms with Crippen LogP contribution in [0.1, 0.15) is 12.8 Å². The van der Waals surface area contributed by atoms with E-state index in [0.29, 0.717) is 41.3 Å². The fraction of sp³-hybridized carbons (Fsp3) is 0.318. The fourth-order valence-corrected chi connectivity index (χ4v) is 3.46. The molecule has 0 fully saturated rings. The van der Waals surface area contributed by atoms with Gasteiger partial charge in [-0.25, -0.2) is 14.4 Å².